The van der Waals surface area contributed by atoms with Crippen LogP contribution in [0.2, 0.25) is 0 Å². The maximum absolute atomic E-state index is 12.6. The first-order valence-corrected chi connectivity index (χ1v) is 11.0. The summed E-state index contributed by atoms with van der Waals surface area (Å²) in [5.41, 5.74) is 2.03. The van der Waals surface area contributed by atoms with Gasteiger partial charge in [0.15, 0.2) is 11.0 Å². The van der Waals surface area contributed by atoms with Crippen LogP contribution in [0.4, 0.5) is 0 Å². The average molecular weight is 424 g/mol. The van der Waals surface area contributed by atoms with Crippen LogP contribution >= 0.6 is 11.8 Å². The molecule has 1 aliphatic heterocycles. The van der Waals surface area contributed by atoms with Crippen molar-refractivity contribution < 1.29 is 9.53 Å². The smallest absolute Gasteiger partial charge is 0.233 e. The molecule has 0 spiro atoms. The van der Waals surface area contributed by atoms with E-state index in [1.165, 1.54) is 11.8 Å². The zero-order valence-electron chi connectivity index (χ0n) is 16.9. The van der Waals surface area contributed by atoms with E-state index in [1.54, 1.807) is 12.4 Å². The van der Waals surface area contributed by atoms with Crippen molar-refractivity contribution >= 4 is 17.7 Å². The van der Waals surface area contributed by atoms with Gasteiger partial charge in [-0.2, -0.15) is 0 Å². The van der Waals surface area contributed by atoms with Gasteiger partial charge in [0, 0.05) is 31.1 Å². The first kappa shape index (κ1) is 20.6. The van der Waals surface area contributed by atoms with Gasteiger partial charge >= 0.3 is 0 Å². The summed E-state index contributed by atoms with van der Waals surface area (Å²) in [5.74, 6) is 0.717. The molecule has 156 valence electrons. The van der Waals surface area contributed by atoms with Gasteiger partial charge in [-0.25, -0.2) is 0 Å². The van der Waals surface area contributed by atoms with Gasteiger partial charge in [0.1, 0.15) is 0 Å². The molecule has 1 amide bonds. The summed E-state index contributed by atoms with van der Waals surface area (Å²) in [7, 11) is 0. The minimum absolute atomic E-state index is 0.0207. The van der Waals surface area contributed by atoms with Crippen LogP contribution in [0.15, 0.2) is 60.0 Å². The van der Waals surface area contributed by atoms with E-state index in [9.17, 15) is 4.79 Å². The maximum Gasteiger partial charge on any atom is 0.233 e. The molecule has 2 aromatic heterocycles. The van der Waals surface area contributed by atoms with E-state index in [1.807, 2.05) is 41.8 Å². The van der Waals surface area contributed by atoms with E-state index in [-0.39, 0.29) is 17.3 Å². The molecule has 7 nitrogen and oxygen atoms in total. The number of amides is 1. The Morgan fingerprint density at radius 1 is 1.27 bits per heavy atom. The number of carbonyl (C=O) groups is 1. The van der Waals surface area contributed by atoms with E-state index in [4.69, 9.17) is 4.74 Å². The van der Waals surface area contributed by atoms with Crippen molar-refractivity contribution in [3.63, 3.8) is 0 Å². The van der Waals surface area contributed by atoms with E-state index in [2.05, 4.69) is 32.6 Å². The van der Waals surface area contributed by atoms with Gasteiger partial charge in [0.05, 0.1) is 17.9 Å². The zero-order chi connectivity index (χ0) is 20.8. The molecule has 1 fully saturated rings. The number of nitrogens with zero attached hydrogens (tertiary/aromatic N) is 4. The molecule has 1 N–H and O–H groups in total. The lowest BCUT2D eigenvalue weighted by molar-refractivity contribution is -0.120. The zero-order valence-corrected chi connectivity index (χ0v) is 17.7. The topological polar surface area (TPSA) is 81.9 Å². The molecule has 2 unspecified atom stereocenters. The summed E-state index contributed by atoms with van der Waals surface area (Å²) in [4.78, 5) is 16.8. The van der Waals surface area contributed by atoms with E-state index >= 15 is 0 Å². The molecule has 3 heterocycles. The Morgan fingerprint density at radius 2 is 2.13 bits per heavy atom. The highest BCUT2D eigenvalue weighted by Crippen LogP contribution is 2.27. The number of benzene rings is 1. The summed E-state index contributed by atoms with van der Waals surface area (Å²) in [6.07, 6.45) is 5.70. The van der Waals surface area contributed by atoms with Crippen molar-refractivity contribution in [3.05, 3.63) is 60.4 Å². The predicted octanol–water partition coefficient (Wildman–Crippen LogP) is 3.16. The average Bonchev–Trinajstić information content (AvgIpc) is 3.44. The second-order valence-corrected chi connectivity index (χ2v) is 8.57. The minimum Gasteiger partial charge on any atom is -0.376 e. The lowest BCUT2D eigenvalue weighted by Crippen LogP contribution is -2.36. The largest absolute Gasteiger partial charge is 0.376 e. The van der Waals surface area contributed by atoms with Gasteiger partial charge < -0.3 is 10.1 Å². The van der Waals surface area contributed by atoms with Crippen molar-refractivity contribution in [1.82, 2.24) is 25.1 Å². The number of hydrogen-bond donors (Lipinski definition) is 1. The Bertz CT molecular complexity index is 958. The van der Waals surface area contributed by atoms with Crippen molar-refractivity contribution in [2.45, 2.75) is 42.8 Å². The highest BCUT2D eigenvalue weighted by Gasteiger charge is 2.23. The summed E-state index contributed by atoms with van der Waals surface area (Å²) >= 11 is 1.41. The maximum atomic E-state index is 12.6. The van der Waals surface area contributed by atoms with Crippen LogP contribution in [0, 0.1) is 0 Å². The highest BCUT2D eigenvalue weighted by atomic mass is 32.2. The Kier molecular flexibility index (Phi) is 6.76. The van der Waals surface area contributed by atoms with Crippen molar-refractivity contribution in [3.8, 4) is 11.4 Å². The molecule has 2 atom stereocenters. The first-order valence-electron chi connectivity index (χ1n) is 10.1. The molecule has 0 bridgehead atoms. The fourth-order valence-corrected chi connectivity index (χ4v) is 4.24. The van der Waals surface area contributed by atoms with Crippen LogP contribution in [-0.2, 0) is 16.1 Å². The molecule has 4 rings (SSSR count). The molecule has 0 radical (unpaired) electrons. The lowest BCUT2D eigenvalue weighted by atomic mass is 10.2. The van der Waals surface area contributed by atoms with Gasteiger partial charge in [-0.3, -0.25) is 14.3 Å². The van der Waals surface area contributed by atoms with Gasteiger partial charge in [-0.15, -0.1) is 10.2 Å². The second kappa shape index (κ2) is 9.86. The lowest BCUT2D eigenvalue weighted by Gasteiger charge is -2.15. The summed E-state index contributed by atoms with van der Waals surface area (Å²) in [5, 5.41) is 12.2. The Labute approximate surface area is 180 Å². The minimum atomic E-state index is -0.299. The molecular formula is C22H25N5O2S. The Balaban J connectivity index is 1.51. The number of ether oxygens (including phenoxy) is 1. The second-order valence-electron chi connectivity index (χ2n) is 7.26. The van der Waals surface area contributed by atoms with Crippen LogP contribution in [0.5, 0.6) is 0 Å². The normalized spacial score (nSPS) is 17.0. The van der Waals surface area contributed by atoms with Crippen LogP contribution < -0.4 is 5.32 Å². The molecule has 8 heteroatoms. The number of thioether (sulfide) groups is 1. The van der Waals surface area contributed by atoms with Gasteiger partial charge in [-0.1, -0.05) is 42.1 Å². The summed E-state index contributed by atoms with van der Waals surface area (Å²) in [6, 6.07) is 14.0. The number of aromatic nitrogens is 4. The third kappa shape index (κ3) is 5.06. The van der Waals surface area contributed by atoms with Crippen LogP contribution in [0.1, 0.15) is 25.3 Å². The quantitative estimate of drug-likeness (QED) is 0.561. The highest BCUT2D eigenvalue weighted by molar-refractivity contribution is 8.00. The number of carbonyl (C=O) groups excluding carboxylic acids is 1. The predicted molar refractivity (Wildman–Crippen MR) is 116 cm³/mol. The molecule has 0 aliphatic carbocycles. The molecule has 0 saturated carbocycles. The number of hydrogen-bond acceptors (Lipinski definition) is 6. The molecule has 1 aromatic carbocycles. The van der Waals surface area contributed by atoms with Gasteiger partial charge in [0.25, 0.3) is 0 Å². The molecule has 1 aliphatic rings. The standard InChI is InChI=1S/C22H25N5O2S/c1-16(21(28)24-14-19-10-6-12-29-19)30-22-26-25-20(18-9-5-11-23-13-18)27(22)15-17-7-3-2-4-8-17/h2-5,7-9,11,13,16,19H,6,10,12,14-15H2,1H3,(H,24,28). The summed E-state index contributed by atoms with van der Waals surface area (Å²) in [6.45, 7) is 3.84. The van der Waals surface area contributed by atoms with Crippen molar-refractivity contribution in [2.75, 3.05) is 13.2 Å². The Morgan fingerprint density at radius 3 is 2.87 bits per heavy atom. The third-order valence-corrected chi connectivity index (χ3v) is 6.08. The van der Waals surface area contributed by atoms with Gasteiger partial charge in [-0.05, 0) is 37.5 Å². The molecule has 3 aromatic rings. The number of pyridine rings is 1. The van der Waals surface area contributed by atoms with E-state index < -0.39 is 0 Å². The number of nitrogens with one attached hydrogen (secondary N) is 1. The fraction of sp³-hybridized carbons (Fsp3) is 0.364. The number of rotatable bonds is 8. The van der Waals surface area contributed by atoms with Gasteiger partial charge in [0.2, 0.25) is 5.91 Å². The summed E-state index contributed by atoms with van der Waals surface area (Å²) < 4.78 is 7.63. The van der Waals surface area contributed by atoms with Crippen LogP contribution in [0.25, 0.3) is 11.4 Å². The molecular weight excluding hydrogens is 398 g/mol. The van der Waals surface area contributed by atoms with E-state index in [0.29, 0.717) is 18.2 Å². The fourth-order valence-electron chi connectivity index (χ4n) is 3.37. The molecule has 1 saturated heterocycles. The SMILES string of the molecule is CC(Sc1nnc(-c2cccnc2)n1Cc1ccccc1)C(=O)NCC1CCCO1. The van der Waals surface area contributed by atoms with Crippen LogP contribution in [0.3, 0.4) is 0 Å². The van der Waals surface area contributed by atoms with E-state index in [0.717, 1.165) is 36.4 Å². The third-order valence-electron chi connectivity index (χ3n) is 5.00. The van der Waals surface area contributed by atoms with Crippen molar-refractivity contribution in [2.24, 2.45) is 0 Å². The van der Waals surface area contributed by atoms with Crippen LogP contribution in [-0.4, -0.2) is 50.2 Å². The Hall–Kier alpha value is -2.71. The monoisotopic (exact) mass is 423 g/mol. The van der Waals surface area contributed by atoms with Crippen molar-refractivity contribution in [1.29, 1.82) is 0 Å². The first-order chi connectivity index (χ1) is 14.7. The molecule has 30 heavy (non-hydrogen) atoms.